The minimum atomic E-state index is -1.21. The third-order valence-electron chi connectivity index (χ3n) is 7.04. The summed E-state index contributed by atoms with van der Waals surface area (Å²) >= 11 is 1.56. The Hall–Kier alpha value is -1.83. The number of Topliss-reactive ketones (excluding diaryl/α,β-unsaturated/α-hetero) is 1. The van der Waals surface area contributed by atoms with Crippen molar-refractivity contribution in [1.82, 2.24) is 4.98 Å². The number of rotatable bonds is 2. The average Bonchev–Trinajstić information content (AvgIpc) is 3.18. The maximum atomic E-state index is 13.2. The zero-order chi connectivity index (χ0) is 25.6. The van der Waals surface area contributed by atoms with Gasteiger partial charge in [-0.1, -0.05) is 39.3 Å². The number of carbonyl (C=O) groups is 2. The van der Waals surface area contributed by atoms with E-state index in [1.54, 1.807) is 32.1 Å². The monoisotopic (exact) mass is 491 g/mol. The molecule has 0 spiro atoms. The van der Waals surface area contributed by atoms with Gasteiger partial charge in [-0.05, 0) is 57.6 Å². The lowest BCUT2D eigenvalue weighted by Gasteiger charge is -2.34. The highest BCUT2D eigenvalue weighted by Crippen LogP contribution is 2.32. The van der Waals surface area contributed by atoms with Gasteiger partial charge < -0.3 is 14.9 Å². The number of hydrogen-bond donors (Lipinski definition) is 2. The second-order valence-electron chi connectivity index (χ2n) is 10.4. The zero-order valence-corrected chi connectivity index (χ0v) is 22.4. The van der Waals surface area contributed by atoms with Gasteiger partial charge in [-0.3, -0.25) is 9.59 Å². The Bertz CT molecular complexity index is 916. The van der Waals surface area contributed by atoms with Crippen LogP contribution in [0, 0.1) is 24.2 Å². The standard InChI is InChI=1S/C27H41NO5S/c1-16-9-8-10-17(2)25(31)19(4)26(32)27(6,7)23(29)14-24(30)33-22(12-11-16)18(3)13-21-15-34-20(5)28-21/h11,13,15,17,19,22-23,25,29,31H,8-10,12,14H2,1-7H3/b16-11-,18-13+/t17-,19+,22+,23-,25?/m0/s1. The van der Waals surface area contributed by atoms with Gasteiger partial charge in [0, 0.05) is 17.7 Å². The molecule has 7 heteroatoms. The Kier molecular flexibility index (Phi) is 10.2. The molecule has 0 fully saturated rings. The molecular formula is C27H41NO5S. The van der Waals surface area contributed by atoms with Crippen molar-refractivity contribution < 1.29 is 24.5 Å². The summed E-state index contributed by atoms with van der Waals surface area (Å²) in [6, 6.07) is 0. The molecule has 0 saturated carbocycles. The van der Waals surface area contributed by atoms with Crippen LogP contribution >= 0.6 is 11.3 Å². The molecule has 0 bridgehead atoms. The van der Waals surface area contributed by atoms with Crippen LogP contribution in [-0.2, 0) is 14.3 Å². The molecule has 0 aromatic carbocycles. The van der Waals surface area contributed by atoms with Crippen LogP contribution in [0.5, 0.6) is 0 Å². The number of nitrogens with zero attached hydrogens (tertiary/aromatic N) is 1. The maximum absolute atomic E-state index is 13.2. The molecule has 34 heavy (non-hydrogen) atoms. The quantitative estimate of drug-likeness (QED) is 0.432. The fourth-order valence-corrected chi connectivity index (χ4v) is 4.97. The predicted octanol–water partition coefficient (Wildman–Crippen LogP) is 5.27. The second kappa shape index (κ2) is 12.2. The molecule has 2 N–H and O–H groups in total. The minimum Gasteiger partial charge on any atom is -0.457 e. The van der Waals surface area contributed by atoms with Gasteiger partial charge in [0.2, 0.25) is 0 Å². The molecule has 6 nitrogen and oxygen atoms in total. The smallest absolute Gasteiger partial charge is 0.309 e. The fourth-order valence-electron chi connectivity index (χ4n) is 4.40. The molecule has 0 radical (unpaired) electrons. The molecule has 1 aromatic heterocycles. The van der Waals surface area contributed by atoms with Crippen molar-refractivity contribution in [1.29, 1.82) is 0 Å². The van der Waals surface area contributed by atoms with Crippen LogP contribution in [0.15, 0.2) is 22.6 Å². The maximum Gasteiger partial charge on any atom is 0.309 e. The minimum absolute atomic E-state index is 0.0444. The van der Waals surface area contributed by atoms with Crippen molar-refractivity contribution in [3.05, 3.63) is 33.3 Å². The summed E-state index contributed by atoms with van der Waals surface area (Å²) in [6.45, 7) is 12.8. The van der Waals surface area contributed by atoms with E-state index in [1.165, 1.54) is 5.57 Å². The molecule has 0 amide bonds. The van der Waals surface area contributed by atoms with E-state index >= 15 is 0 Å². The first-order chi connectivity index (χ1) is 15.8. The lowest BCUT2D eigenvalue weighted by atomic mass is 9.73. The number of cyclic esters (lactones) is 1. The summed E-state index contributed by atoms with van der Waals surface area (Å²) in [5.41, 5.74) is 1.71. The lowest BCUT2D eigenvalue weighted by Crippen LogP contribution is -2.45. The number of aliphatic hydroxyl groups excluding tert-OH is 2. The van der Waals surface area contributed by atoms with Crippen LogP contribution in [0.4, 0.5) is 0 Å². The summed E-state index contributed by atoms with van der Waals surface area (Å²) in [7, 11) is 0. The molecule has 2 rings (SSSR count). The first kappa shape index (κ1) is 28.4. The van der Waals surface area contributed by atoms with Gasteiger partial charge in [0.05, 0.1) is 34.7 Å². The third-order valence-corrected chi connectivity index (χ3v) is 7.83. The Morgan fingerprint density at radius 2 is 1.91 bits per heavy atom. The highest BCUT2D eigenvalue weighted by molar-refractivity contribution is 7.09. The number of aromatic nitrogens is 1. The van der Waals surface area contributed by atoms with Crippen molar-refractivity contribution in [2.24, 2.45) is 17.3 Å². The van der Waals surface area contributed by atoms with Crippen LogP contribution in [0.3, 0.4) is 0 Å². The van der Waals surface area contributed by atoms with E-state index in [0.29, 0.717) is 6.42 Å². The van der Waals surface area contributed by atoms with Crippen molar-refractivity contribution in [3.63, 3.8) is 0 Å². The summed E-state index contributed by atoms with van der Waals surface area (Å²) < 4.78 is 5.81. The molecule has 1 aromatic rings. The summed E-state index contributed by atoms with van der Waals surface area (Å²) in [4.78, 5) is 30.5. The zero-order valence-electron chi connectivity index (χ0n) is 21.6. The van der Waals surface area contributed by atoms with Crippen molar-refractivity contribution in [3.8, 4) is 0 Å². The number of aryl methyl sites for hydroxylation is 1. The third kappa shape index (κ3) is 7.59. The fraction of sp³-hybridized carbons (Fsp3) is 0.667. The number of carbonyl (C=O) groups excluding carboxylic acids is 2. The van der Waals surface area contributed by atoms with Gasteiger partial charge in [0.15, 0.2) is 0 Å². The number of allylic oxidation sites excluding steroid dienone is 1. The van der Waals surface area contributed by atoms with Gasteiger partial charge in [0.25, 0.3) is 0 Å². The van der Waals surface area contributed by atoms with Gasteiger partial charge in [-0.2, -0.15) is 0 Å². The number of esters is 1. The predicted molar refractivity (Wildman–Crippen MR) is 136 cm³/mol. The normalized spacial score (nSPS) is 32.1. The van der Waals surface area contributed by atoms with Gasteiger partial charge >= 0.3 is 5.97 Å². The first-order valence-corrected chi connectivity index (χ1v) is 13.1. The molecule has 1 aliphatic rings. The largest absolute Gasteiger partial charge is 0.457 e. The molecule has 0 aliphatic carbocycles. The molecule has 0 saturated heterocycles. The Labute approximate surface area is 208 Å². The molecule has 2 heterocycles. The lowest BCUT2D eigenvalue weighted by molar-refractivity contribution is -0.154. The van der Waals surface area contributed by atoms with Crippen LogP contribution < -0.4 is 0 Å². The highest BCUT2D eigenvalue weighted by atomic mass is 32.1. The van der Waals surface area contributed by atoms with E-state index in [4.69, 9.17) is 4.74 Å². The first-order valence-electron chi connectivity index (χ1n) is 12.2. The van der Waals surface area contributed by atoms with Crippen molar-refractivity contribution in [2.45, 2.75) is 98.9 Å². The van der Waals surface area contributed by atoms with E-state index in [9.17, 15) is 19.8 Å². The van der Waals surface area contributed by atoms with E-state index in [-0.39, 0.29) is 18.1 Å². The number of hydrogen-bond acceptors (Lipinski definition) is 7. The average molecular weight is 492 g/mol. The summed E-state index contributed by atoms with van der Waals surface area (Å²) in [5, 5.41) is 24.5. The molecule has 1 unspecified atom stereocenters. The summed E-state index contributed by atoms with van der Waals surface area (Å²) in [6.07, 6.45) is 4.33. The topological polar surface area (TPSA) is 96.7 Å². The van der Waals surface area contributed by atoms with Gasteiger partial charge in [-0.25, -0.2) is 4.98 Å². The van der Waals surface area contributed by atoms with Crippen LogP contribution in [0.2, 0.25) is 0 Å². The highest BCUT2D eigenvalue weighted by Gasteiger charge is 2.42. The Morgan fingerprint density at radius 1 is 1.24 bits per heavy atom. The van der Waals surface area contributed by atoms with Crippen molar-refractivity contribution >= 4 is 29.2 Å². The Balaban J connectivity index is 2.33. The summed E-state index contributed by atoms with van der Waals surface area (Å²) in [5.74, 6) is -1.49. The van der Waals surface area contributed by atoms with Gasteiger partial charge in [-0.15, -0.1) is 11.3 Å². The number of thiazole rings is 1. The van der Waals surface area contributed by atoms with Gasteiger partial charge in [0.1, 0.15) is 11.9 Å². The van der Waals surface area contributed by atoms with Crippen LogP contribution in [-0.4, -0.2) is 45.3 Å². The number of aliphatic hydroxyl groups is 2. The van der Waals surface area contributed by atoms with E-state index in [0.717, 1.165) is 35.5 Å². The van der Waals surface area contributed by atoms with Crippen molar-refractivity contribution in [2.75, 3.05) is 0 Å². The van der Waals surface area contributed by atoms with E-state index < -0.39 is 35.6 Å². The number of ether oxygens (including phenoxy) is 1. The molecule has 1 aliphatic heterocycles. The van der Waals surface area contributed by atoms with Crippen LogP contribution in [0.1, 0.15) is 84.3 Å². The van der Waals surface area contributed by atoms with E-state index in [2.05, 4.69) is 18.0 Å². The molecular weight excluding hydrogens is 450 g/mol. The Morgan fingerprint density at radius 3 is 2.53 bits per heavy atom. The van der Waals surface area contributed by atoms with E-state index in [1.807, 2.05) is 32.2 Å². The molecule has 5 atom stereocenters. The number of ketones is 1. The molecule has 190 valence electrons. The second-order valence-corrected chi connectivity index (χ2v) is 11.5. The SMILES string of the molecule is C/C1=C/C[C@H](/C(C)=C/c2csc(C)n2)OC(=O)C[C@H](O)C(C)(C)C(=O)[C@H](C)C(O)[C@@H](C)CCC1. The van der Waals surface area contributed by atoms with Crippen LogP contribution in [0.25, 0.3) is 6.08 Å².